The van der Waals surface area contributed by atoms with Crippen LogP contribution >= 0.6 is 11.3 Å². The molecule has 1 atom stereocenters. The van der Waals surface area contributed by atoms with Crippen LogP contribution in [0.3, 0.4) is 0 Å². The highest BCUT2D eigenvalue weighted by atomic mass is 32.1. The second-order valence-corrected chi connectivity index (χ2v) is 5.83. The molecule has 1 amide bonds. The summed E-state index contributed by atoms with van der Waals surface area (Å²) in [6.07, 6.45) is 3.14. The van der Waals surface area contributed by atoms with Crippen LogP contribution in [-0.4, -0.2) is 10.9 Å². The van der Waals surface area contributed by atoms with Crippen LogP contribution in [0.2, 0.25) is 0 Å². The van der Waals surface area contributed by atoms with Crippen molar-refractivity contribution in [2.45, 2.75) is 32.7 Å². The first kappa shape index (κ1) is 14.5. The van der Waals surface area contributed by atoms with E-state index >= 15 is 0 Å². The minimum atomic E-state index is -0.0715. The van der Waals surface area contributed by atoms with Gasteiger partial charge in [-0.05, 0) is 25.0 Å². The molecule has 0 spiro atoms. The third-order valence-electron chi connectivity index (χ3n) is 3.07. The number of hydrogen-bond donors (Lipinski definition) is 2. The first-order valence-corrected chi connectivity index (χ1v) is 7.49. The van der Waals surface area contributed by atoms with E-state index < -0.39 is 0 Å². The number of thiazole rings is 1. The number of carbonyl (C=O) groups is 1. The Hall–Kier alpha value is -1.88. The Morgan fingerprint density at radius 3 is 2.85 bits per heavy atom. The summed E-state index contributed by atoms with van der Waals surface area (Å²) >= 11 is 1.64. The molecule has 4 nitrogen and oxygen atoms in total. The lowest BCUT2D eigenvalue weighted by molar-refractivity contribution is -0.121. The molecule has 1 unspecified atom stereocenters. The number of nitrogens with one attached hydrogen (secondary N) is 1. The topological polar surface area (TPSA) is 68.0 Å². The number of hydrogen-bond acceptors (Lipinski definition) is 4. The van der Waals surface area contributed by atoms with Crippen molar-refractivity contribution < 1.29 is 4.79 Å². The van der Waals surface area contributed by atoms with Crippen LogP contribution in [0.25, 0.3) is 0 Å². The minimum absolute atomic E-state index is 0.0383. The fourth-order valence-electron chi connectivity index (χ4n) is 1.91. The number of para-hydroxylation sites is 1. The molecule has 0 aliphatic carbocycles. The van der Waals surface area contributed by atoms with E-state index in [1.54, 1.807) is 17.4 Å². The molecule has 1 aromatic heterocycles. The Kier molecular flexibility index (Phi) is 4.74. The van der Waals surface area contributed by atoms with E-state index in [0.29, 0.717) is 12.1 Å². The number of nitrogens with two attached hydrogens (primary N) is 1. The summed E-state index contributed by atoms with van der Waals surface area (Å²) in [5.74, 6) is -0.0383. The largest absolute Gasteiger partial charge is 0.398 e. The number of aryl methyl sites for hydroxylation is 1. The molecule has 1 heterocycles. The highest BCUT2D eigenvalue weighted by Gasteiger charge is 2.14. The number of carbonyl (C=O) groups excluding carboxylic acids is 1. The highest BCUT2D eigenvalue weighted by molar-refractivity contribution is 7.11. The van der Waals surface area contributed by atoms with Crippen molar-refractivity contribution >= 4 is 22.9 Å². The molecule has 1 aromatic carbocycles. The minimum Gasteiger partial charge on any atom is -0.398 e. The van der Waals surface area contributed by atoms with Crippen LogP contribution in [0.4, 0.5) is 5.69 Å². The molecule has 0 radical (unpaired) electrons. The third kappa shape index (κ3) is 3.57. The maximum absolute atomic E-state index is 12.0. The van der Waals surface area contributed by atoms with Crippen LogP contribution in [-0.2, 0) is 17.6 Å². The van der Waals surface area contributed by atoms with Crippen molar-refractivity contribution in [1.82, 2.24) is 10.3 Å². The predicted octanol–water partition coefficient (Wildman–Crippen LogP) is 2.71. The first-order valence-electron chi connectivity index (χ1n) is 6.67. The number of anilines is 1. The van der Waals surface area contributed by atoms with E-state index in [-0.39, 0.29) is 11.9 Å². The number of aromatic nitrogens is 1. The maximum atomic E-state index is 12.0. The fraction of sp³-hybridized carbons (Fsp3) is 0.333. The molecule has 0 aliphatic rings. The molecule has 0 saturated carbocycles. The third-order valence-corrected chi connectivity index (χ3v) is 4.40. The summed E-state index contributed by atoms with van der Waals surface area (Å²) in [5.41, 5.74) is 7.34. The van der Waals surface area contributed by atoms with Gasteiger partial charge in [0.15, 0.2) is 0 Å². The van der Waals surface area contributed by atoms with Gasteiger partial charge in [-0.1, -0.05) is 25.1 Å². The van der Waals surface area contributed by atoms with E-state index in [2.05, 4.69) is 17.2 Å². The Morgan fingerprint density at radius 1 is 1.45 bits per heavy atom. The predicted molar refractivity (Wildman–Crippen MR) is 82.6 cm³/mol. The lowest BCUT2D eigenvalue weighted by Gasteiger charge is -2.12. The summed E-state index contributed by atoms with van der Waals surface area (Å²) in [7, 11) is 0. The van der Waals surface area contributed by atoms with Gasteiger partial charge in [0.2, 0.25) is 5.91 Å². The molecule has 0 saturated heterocycles. The molecule has 5 heteroatoms. The number of amides is 1. The van der Waals surface area contributed by atoms with Gasteiger partial charge < -0.3 is 11.1 Å². The lowest BCUT2D eigenvalue weighted by atomic mass is 10.1. The average Bonchev–Trinajstić information content (AvgIpc) is 2.90. The molecule has 0 fully saturated rings. The van der Waals surface area contributed by atoms with Crippen LogP contribution in [0.5, 0.6) is 0 Å². The molecule has 2 rings (SSSR count). The van der Waals surface area contributed by atoms with Crippen molar-refractivity contribution in [1.29, 1.82) is 0 Å². The van der Waals surface area contributed by atoms with E-state index in [4.69, 9.17) is 5.73 Å². The quantitative estimate of drug-likeness (QED) is 0.832. The van der Waals surface area contributed by atoms with Crippen LogP contribution in [0.15, 0.2) is 30.5 Å². The van der Waals surface area contributed by atoms with E-state index in [0.717, 1.165) is 17.0 Å². The Labute approximate surface area is 123 Å². The number of benzene rings is 1. The smallest absolute Gasteiger partial charge is 0.225 e. The van der Waals surface area contributed by atoms with E-state index in [9.17, 15) is 4.79 Å². The Balaban J connectivity index is 1.96. The normalized spacial score (nSPS) is 12.1. The van der Waals surface area contributed by atoms with Gasteiger partial charge in [-0.15, -0.1) is 11.3 Å². The summed E-state index contributed by atoms with van der Waals surface area (Å²) in [4.78, 5) is 17.6. The molecular formula is C15H19N3OS. The van der Waals surface area contributed by atoms with Gasteiger partial charge in [0.1, 0.15) is 5.01 Å². The highest BCUT2D eigenvalue weighted by Crippen LogP contribution is 2.20. The summed E-state index contributed by atoms with van der Waals surface area (Å²) in [6.45, 7) is 4.04. The number of rotatable bonds is 5. The second-order valence-electron chi connectivity index (χ2n) is 4.68. The van der Waals surface area contributed by atoms with Crippen molar-refractivity contribution in [2.24, 2.45) is 0 Å². The molecule has 20 heavy (non-hydrogen) atoms. The maximum Gasteiger partial charge on any atom is 0.225 e. The van der Waals surface area contributed by atoms with Gasteiger partial charge in [0.25, 0.3) is 0 Å². The van der Waals surface area contributed by atoms with Crippen molar-refractivity contribution in [3.8, 4) is 0 Å². The van der Waals surface area contributed by atoms with Crippen molar-refractivity contribution in [2.75, 3.05) is 5.73 Å². The SMILES string of the molecule is CCc1cnc(C(C)NC(=O)Cc2ccccc2N)s1. The van der Waals surface area contributed by atoms with Gasteiger partial charge >= 0.3 is 0 Å². The summed E-state index contributed by atoms with van der Waals surface area (Å²) < 4.78 is 0. The van der Waals surface area contributed by atoms with Crippen molar-refractivity contribution in [3.05, 3.63) is 45.9 Å². The molecular weight excluding hydrogens is 270 g/mol. The van der Waals surface area contributed by atoms with Crippen LogP contribution in [0, 0.1) is 0 Å². The Morgan fingerprint density at radius 2 is 2.20 bits per heavy atom. The van der Waals surface area contributed by atoms with Gasteiger partial charge in [-0.3, -0.25) is 4.79 Å². The molecule has 2 aromatic rings. The molecule has 0 aliphatic heterocycles. The molecule has 106 valence electrons. The molecule has 3 N–H and O–H groups in total. The van der Waals surface area contributed by atoms with Gasteiger partial charge in [-0.25, -0.2) is 4.98 Å². The van der Waals surface area contributed by atoms with Gasteiger partial charge in [0.05, 0.1) is 12.5 Å². The first-order chi connectivity index (χ1) is 9.60. The fourth-order valence-corrected chi connectivity index (χ4v) is 2.77. The standard InChI is InChI=1S/C15H19N3OS/c1-3-12-9-17-15(20-12)10(2)18-14(19)8-11-6-4-5-7-13(11)16/h4-7,9-10H,3,8,16H2,1-2H3,(H,18,19). The van der Waals surface area contributed by atoms with Crippen LogP contribution in [0.1, 0.15) is 35.3 Å². The number of nitrogens with zero attached hydrogens (tertiary/aromatic N) is 1. The molecule has 0 bridgehead atoms. The van der Waals surface area contributed by atoms with Gasteiger partial charge in [0, 0.05) is 16.8 Å². The second kappa shape index (κ2) is 6.52. The monoisotopic (exact) mass is 289 g/mol. The summed E-state index contributed by atoms with van der Waals surface area (Å²) in [6, 6.07) is 7.36. The lowest BCUT2D eigenvalue weighted by Crippen LogP contribution is -2.28. The van der Waals surface area contributed by atoms with Crippen LogP contribution < -0.4 is 11.1 Å². The van der Waals surface area contributed by atoms with E-state index in [1.807, 2.05) is 31.3 Å². The number of nitrogen functional groups attached to an aromatic ring is 1. The van der Waals surface area contributed by atoms with Gasteiger partial charge in [-0.2, -0.15) is 0 Å². The zero-order chi connectivity index (χ0) is 14.5. The summed E-state index contributed by atoms with van der Waals surface area (Å²) in [5, 5.41) is 3.90. The Bertz CT molecular complexity index is 594. The van der Waals surface area contributed by atoms with Crippen molar-refractivity contribution in [3.63, 3.8) is 0 Å². The zero-order valence-corrected chi connectivity index (χ0v) is 12.5. The average molecular weight is 289 g/mol. The van der Waals surface area contributed by atoms with E-state index in [1.165, 1.54) is 4.88 Å². The zero-order valence-electron chi connectivity index (χ0n) is 11.7.